The second-order valence-electron chi connectivity index (χ2n) is 4.43. The predicted octanol–water partition coefficient (Wildman–Crippen LogP) is 2.02. The van der Waals surface area contributed by atoms with Gasteiger partial charge >= 0.3 is 0 Å². The maximum Gasteiger partial charge on any atom is 0.223 e. The van der Waals surface area contributed by atoms with Crippen molar-refractivity contribution in [2.75, 3.05) is 5.32 Å². The molecule has 0 amide bonds. The Morgan fingerprint density at radius 1 is 1.19 bits per heavy atom. The van der Waals surface area contributed by atoms with Crippen molar-refractivity contribution >= 4 is 11.7 Å². The summed E-state index contributed by atoms with van der Waals surface area (Å²) in [5.74, 6) is 1.07. The smallest absolute Gasteiger partial charge is 0.223 e. The second-order valence-corrected chi connectivity index (χ2v) is 4.43. The van der Waals surface area contributed by atoms with Crippen LogP contribution in [0.4, 0.5) is 5.95 Å². The van der Waals surface area contributed by atoms with Gasteiger partial charge in [0.05, 0.1) is 0 Å². The van der Waals surface area contributed by atoms with E-state index in [0.717, 1.165) is 24.2 Å². The second kappa shape index (κ2) is 4.60. The maximum absolute atomic E-state index is 11.1. The predicted molar refractivity (Wildman–Crippen MR) is 62.4 cm³/mol. The molecule has 0 aliphatic heterocycles. The fourth-order valence-corrected chi connectivity index (χ4v) is 2.06. The standard InChI is InChI=1S/C12H17N3O/c1-8-7-9(2)14-12(13-8)15-10-3-5-11(16)6-4-10/h7,10H,3-6H2,1-2H3,(H,13,14,15). The van der Waals surface area contributed by atoms with Crippen molar-refractivity contribution < 1.29 is 4.79 Å². The van der Waals surface area contributed by atoms with Crippen LogP contribution in [0.2, 0.25) is 0 Å². The highest BCUT2D eigenvalue weighted by Gasteiger charge is 2.19. The molecule has 86 valence electrons. The van der Waals surface area contributed by atoms with Crippen LogP contribution in [0.5, 0.6) is 0 Å². The van der Waals surface area contributed by atoms with E-state index in [0.29, 0.717) is 30.6 Å². The molecule has 0 radical (unpaired) electrons. The Morgan fingerprint density at radius 2 is 1.75 bits per heavy atom. The van der Waals surface area contributed by atoms with Crippen LogP contribution >= 0.6 is 0 Å². The summed E-state index contributed by atoms with van der Waals surface area (Å²) in [5.41, 5.74) is 1.95. The molecule has 16 heavy (non-hydrogen) atoms. The number of aryl methyl sites for hydroxylation is 2. The van der Waals surface area contributed by atoms with Crippen LogP contribution < -0.4 is 5.32 Å². The third kappa shape index (κ3) is 2.78. The van der Waals surface area contributed by atoms with Gasteiger partial charge in [-0.2, -0.15) is 0 Å². The number of ketones is 1. The number of nitrogens with zero attached hydrogens (tertiary/aromatic N) is 2. The number of anilines is 1. The lowest BCUT2D eigenvalue weighted by Crippen LogP contribution is -2.27. The zero-order valence-corrected chi connectivity index (χ0v) is 9.79. The van der Waals surface area contributed by atoms with E-state index >= 15 is 0 Å². The van der Waals surface area contributed by atoms with Gasteiger partial charge < -0.3 is 5.32 Å². The first-order chi connectivity index (χ1) is 7.63. The molecule has 0 spiro atoms. The van der Waals surface area contributed by atoms with Crippen LogP contribution in [0.1, 0.15) is 37.1 Å². The van der Waals surface area contributed by atoms with Crippen LogP contribution in [-0.4, -0.2) is 21.8 Å². The van der Waals surface area contributed by atoms with Gasteiger partial charge in [0.1, 0.15) is 5.78 Å². The molecule has 0 bridgehead atoms. The third-order valence-corrected chi connectivity index (χ3v) is 2.86. The first-order valence-electron chi connectivity index (χ1n) is 5.74. The summed E-state index contributed by atoms with van der Waals surface area (Å²) in [6.45, 7) is 3.93. The van der Waals surface area contributed by atoms with Gasteiger partial charge in [0, 0.05) is 30.3 Å². The van der Waals surface area contributed by atoms with Gasteiger partial charge in [-0.15, -0.1) is 0 Å². The molecule has 1 heterocycles. The molecule has 2 rings (SSSR count). The van der Waals surface area contributed by atoms with Crippen molar-refractivity contribution in [3.63, 3.8) is 0 Å². The monoisotopic (exact) mass is 219 g/mol. The summed E-state index contributed by atoms with van der Waals surface area (Å²) >= 11 is 0. The van der Waals surface area contributed by atoms with Gasteiger partial charge in [-0.1, -0.05) is 0 Å². The lowest BCUT2D eigenvalue weighted by molar-refractivity contribution is -0.120. The fraction of sp³-hybridized carbons (Fsp3) is 0.583. The number of Topliss-reactive ketones (excluding diaryl/α,β-unsaturated/α-hetero) is 1. The van der Waals surface area contributed by atoms with Crippen LogP contribution in [0.15, 0.2) is 6.07 Å². The number of carbonyl (C=O) groups excluding carboxylic acids is 1. The highest BCUT2D eigenvalue weighted by molar-refractivity contribution is 5.79. The number of carbonyl (C=O) groups is 1. The first kappa shape index (κ1) is 11.0. The highest BCUT2D eigenvalue weighted by atomic mass is 16.1. The quantitative estimate of drug-likeness (QED) is 0.826. The number of nitrogens with one attached hydrogen (secondary N) is 1. The Morgan fingerprint density at radius 3 is 2.31 bits per heavy atom. The van der Waals surface area contributed by atoms with Crippen molar-refractivity contribution in [2.24, 2.45) is 0 Å². The molecule has 0 aromatic carbocycles. The fourth-order valence-electron chi connectivity index (χ4n) is 2.06. The van der Waals surface area contributed by atoms with E-state index in [1.54, 1.807) is 0 Å². The molecule has 1 fully saturated rings. The van der Waals surface area contributed by atoms with E-state index in [2.05, 4.69) is 15.3 Å². The van der Waals surface area contributed by atoms with Crippen LogP contribution in [0.25, 0.3) is 0 Å². The van der Waals surface area contributed by atoms with E-state index in [1.165, 1.54) is 0 Å². The summed E-state index contributed by atoms with van der Waals surface area (Å²) < 4.78 is 0. The van der Waals surface area contributed by atoms with Gasteiger partial charge in [-0.05, 0) is 32.8 Å². The normalized spacial score (nSPS) is 17.5. The molecule has 1 aromatic heterocycles. The van der Waals surface area contributed by atoms with Gasteiger partial charge in [0.15, 0.2) is 0 Å². The average molecular weight is 219 g/mol. The topological polar surface area (TPSA) is 54.9 Å². The summed E-state index contributed by atoms with van der Waals surface area (Å²) in [5, 5.41) is 3.31. The molecular weight excluding hydrogens is 202 g/mol. The molecular formula is C12H17N3O. The Kier molecular flexibility index (Phi) is 3.17. The Balaban J connectivity index is 2.00. The molecule has 0 saturated heterocycles. The minimum absolute atomic E-state index is 0.346. The van der Waals surface area contributed by atoms with Crippen molar-refractivity contribution in [2.45, 2.75) is 45.6 Å². The number of hydrogen-bond donors (Lipinski definition) is 1. The molecule has 0 unspecified atom stereocenters. The summed E-state index contributed by atoms with van der Waals surface area (Å²) in [7, 11) is 0. The van der Waals surface area contributed by atoms with Gasteiger partial charge in [0.2, 0.25) is 5.95 Å². The van der Waals surface area contributed by atoms with Gasteiger partial charge in [0.25, 0.3) is 0 Å². The van der Waals surface area contributed by atoms with Crippen LogP contribution in [0.3, 0.4) is 0 Å². The van der Waals surface area contributed by atoms with E-state index in [-0.39, 0.29) is 0 Å². The van der Waals surface area contributed by atoms with Crippen molar-refractivity contribution in [3.05, 3.63) is 17.5 Å². The summed E-state index contributed by atoms with van der Waals surface area (Å²) in [6, 6.07) is 2.30. The molecule has 4 nitrogen and oxygen atoms in total. The first-order valence-corrected chi connectivity index (χ1v) is 5.74. The largest absolute Gasteiger partial charge is 0.351 e. The molecule has 1 aliphatic carbocycles. The molecule has 0 atom stereocenters. The van der Waals surface area contributed by atoms with Gasteiger partial charge in [-0.25, -0.2) is 9.97 Å². The molecule has 4 heteroatoms. The molecule has 1 N–H and O–H groups in total. The number of rotatable bonds is 2. The lowest BCUT2D eigenvalue weighted by atomic mass is 9.94. The lowest BCUT2D eigenvalue weighted by Gasteiger charge is -2.22. The van der Waals surface area contributed by atoms with Crippen molar-refractivity contribution in [1.29, 1.82) is 0 Å². The number of aromatic nitrogens is 2. The minimum atomic E-state index is 0.346. The maximum atomic E-state index is 11.1. The van der Waals surface area contributed by atoms with E-state index in [4.69, 9.17) is 0 Å². The van der Waals surface area contributed by atoms with Crippen LogP contribution in [0, 0.1) is 13.8 Å². The van der Waals surface area contributed by atoms with Crippen molar-refractivity contribution in [3.8, 4) is 0 Å². The SMILES string of the molecule is Cc1cc(C)nc(NC2CCC(=O)CC2)n1. The zero-order valence-electron chi connectivity index (χ0n) is 9.79. The van der Waals surface area contributed by atoms with Crippen molar-refractivity contribution in [1.82, 2.24) is 9.97 Å². The zero-order chi connectivity index (χ0) is 11.5. The minimum Gasteiger partial charge on any atom is -0.351 e. The Labute approximate surface area is 95.5 Å². The average Bonchev–Trinajstić information content (AvgIpc) is 2.20. The molecule has 1 saturated carbocycles. The van der Waals surface area contributed by atoms with Crippen LogP contribution in [-0.2, 0) is 4.79 Å². The summed E-state index contributed by atoms with van der Waals surface area (Å²) in [6.07, 6.45) is 3.16. The number of hydrogen-bond acceptors (Lipinski definition) is 4. The Hall–Kier alpha value is -1.45. The van der Waals surface area contributed by atoms with Gasteiger partial charge in [-0.3, -0.25) is 4.79 Å². The molecule has 1 aliphatic rings. The third-order valence-electron chi connectivity index (χ3n) is 2.86. The van der Waals surface area contributed by atoms with E-state index in [1.807, 2.05) is 19.9 Å². The molecule has 1 aromatic rings. The summed E-state index contributed by atoms with van der Waals surface area (Å²) in [4.78, 5) is 19.8. The van der Waals surface area contributed by atoms with E-state index < -0.39 is 0 Å². The van der Waals surface area contributed by atoms with E-state index in [9.17, 15) is 4.79 Å². The highest BCUT2D eigenvalue weighted by Crippen LogP contribution is 2.18. The Bertz CT molecular complexity index is 373.